The first-order valence-electron chi connectivity index (χ1n) is 7.02. The minimum absolute atomic E-state index is 0.836. The molecule has 1 N–H and O–H groups in total. The van der Waals surface area contributed by atoms with Crippen molar-refractivity contribution in [1.82, 2.24) is 5.32 Å². The summed E-state index contributed by atoms with van der Waals surface area (Å²) >= 11 is 0. The first-order chi connectivity index (χ1) is 9.86. The highest BCUT2D eigenvalue weighted by Gasteiger charge is 1.96. The topological polar surface area (TPSA) is 12.0 Å². The maximum atomic E-state index is 4.11. The maximum absolute atomic E-state index is 4.11. The molecule has 2 aromatic carbocycles. The van der Waals surface area contributed by atoms with Gasteiger partial charge in [0.2, 0.25) is 0 Å². The van der Waals surface area contributed by atoms with Crippen molar-refractivity contribution in [3.8, 4) is 0 Å². The summed E-state index contributed by atoms with van der Waals surface area (Å²) in [4.78, 5) is 0. The van der Waals surface area contributed by atoms with E-state index in [0.717, 1.165) is 25.1 Å². The molecule has 0 aliphatic carbocycles. The molecule has 20 heavy (non-hydrogen) atoms. The second kappa shape index (κ2) is 8.13. The van der Waals surface area contributed by atoms with Gasteiger partial charge in [-0.05, 0) is 29.7 Å². The zero-order chi connectivity index (χ0) is 14.0. The van der Waals surface area contributed by atoms with Crippen molar-refractivity contribution in [3.05, 3.63) is 84.4 Å². The van der Waals surface area contributed by atoms with Crippen molar-refractivity contribution in [2.45, 2.75) is 6.42 Å². The van der Waals surface area contributed by atoms with E-state index < -0.39 is 0 Å². The average molecular weight is 263 g/mol. The van der Waals surface area contributed by atoms with Crippen LogP contribution in [-0.2, 0) is 0 Å². The van der Waals surface area contributed by atoms with Crippen molar-refractivity contribution in [2.24, 2.45) is 0 Å². The molecule has 0 saturated carbocycles. The second-order valence-electron chi connectivity index (χ2n) is 4.75. The van der Waals surface area contributed by atoms with Gasteiger partial charge in [0.25, 0.3) is 0 Å². The molecule has 0 aromatic heterocycles. The van der Waals surface area contributed by atoms with Gasteiger partial charge in [0.1, 0.15) is 0 Å². The third-order valence-corrected chi connectivity index (χ3v) is 3.12. The zero-order valence-electron chi connectivity index (χ0n) is 11.8. The van der Waals surface area contributed by atoms with E-state index in [1.807, 2.05) is 24.3 Å². The molecule has 102 valence electrons. The quantitative estimate of drug-likeness (QED) is 0.730. The second-order valence-corrected chi connectivity index (χ2v) is 4.75. The Balaban J connectivity index is 1.65. The standard InChI is InChI=1S/C19H21N/c1-17(19-13-6-3-7-14-19)16-20-15-9-8-12-18-10-4-2-5-11-18/h2-8,10-14,20H,1,9,15-16H2. The highest BCUT2D eigenvalue weighted by atomic mass is 14.8. The van der Waals surface area contributed by atoms with Gasteiger partial charge in [0.05, 0.1) is 0 Å². The van der Waals surface area contributed by atoms with E-state index in [-0.39, 0.29) is 0 Å². The van der Waals surface area contributed by atoms with Crippen LogP contribution in [0, 0.1) is 0 Å². The molecule has 0 saturated heterocycles. The van der Waals surface area contributed by atoms with Gasteiger partial charge in [-0.2, -0.15) is 0 Å². The van der Waals surface area contributed by atoms with Crippen LogP contribution in [0.5, 0.6) is 0 Å². The average Bonchev–Trinajstić information content (AvgIpc) is 2.52. The van der Waals surface area contributed by atoms with Gasteiger partial charge in [0, 0.05) is 6.54 Å². The minimum Gasteiger partial charge on any atom is -0.312 e. The van der Waals surface area contributed by atoms with E-state index in [1.165, 1.54) is 11.1 Å². The summed E-state index contributed by atoms with van der Waals surface area (Å²) in [6.07, 6.45) is 5.39. The fourth-order valence-corrected chi connectivity index (χ4v) is 1.98. The van der Waals surface area contributed by atoms with Gasteiger partial charge in [-0.1, -0.05) is 79.4 Å². The van der Waals surface area contributed by atoms with Crippen LogP contribution in [0.15, 0.2) is 73.3 Å². The van der Waals surface area contributed by atoms with E-state index in [4.69, 9.17) is 0 Å². The first-order valence-corrected chi connectivity index (χ1v) is 7.02. The Kier molecular flexibility index (Phi) is 5.81. The molecule has 0 amide bonds. The van der Waals surface area contributed by atoms with Crippen molar-refractivity contribution in [2.75, 3.05) is 13.1 Å². The summed E-state index contributed by atoms with van der Waals surface area (Å²) in [6.45, 7) is 5.91. The fraction of sp³-hybridized carbons (Fsp3) is 0.158. The van der Waals surface area contributed by atoms with Crippen molar-refractivity contribution >= 4 is 11.6 Å². The monoisotopic (exact) mass is 263 g/mol. The Bertz CT molecular complexity index is 540. The fourth-order valence-electron chi connectivity index (χ4n) is 1.98. The first kappa shape index (κ1) is 14.3. The van der Waals surface area contributed by atoms with Crippen LogP contribution in [0.25, 0.3) is 11.6 Å². The maximum Gasteiger partial charge on any atom is 0.0205 e. The Hall–Kier alpha value is -2.12. The molecule has 0 unspecified atom stereocenters. The molecule has 0 aliphatic rings. The van der Waals surface area contributed by atoms with Gasteiger partial charge < -0.3 is 5.32 Å². The van der Waals surface area contributed by atoms with Crippen molar-refractivity contribution < 1.29 is 0 Å². The molecule has 0 radical (unpaired) electrons. The van der Waals surface area contributed by atoms with Crippen LogP contribution in [0.4, 0.5) is 0 Å². The molecule has 0 heterocycles. The Labute approximate surface area is 121 Å². The van der Waals surface area contributed by atoms with E-state index in [2.05, 4.69) is 60.4 Å². The summed E-state index contributed by atoms with van der Waals surface area (Å²) in [7, 11) is 0. The molecular weight excluding hydrogens is 242 g/mol. The highest BCUT2D eigenvalue weighted by Crippen LogP contribution is 2.09. The largest absolute Gasteiger partial charge is 0.312 e. The highest BCUT2D eigenvalue weighted by molar-refractivity contribution is 5.64. The van der Waals surface area contributed by atoms with E-state index in [9.17, 15) is 0 Å². The van der Waals surface area contributed by atoms with Crippen LogP contribution < -0.4 is 5.32 Å². The minimum atomic E-state index is 0.836. The molecule has 0 atom stereocenters. The lowest BCUT2D eigenvalue weighted by Crippen LogP contribution is -2.17. The smallest absolute Gasteiger partial charge is 0.0205 e. The lowest BCUT2D eigenvalue weighted by atomic mass is 10.1. The lowest BCUT2D eigenvalue weighted by molar-refractivity contribution is 0.765. The molecule has 0 spiro atoms. The van der Waals surface area contributed by atoms with Crippen LogP contribution >= 0.6 is 0 Å². The summed E-state index contributed by atoms with van der Waals surface area (Å²) in [5, 5.41) is 3.42. The van der Waals surface area contributed by atoms with Gasteiger partial charge in [-0.15, -0.1) is 0 Å². The lowest BCUT2D eigenvalue weighted by Gasteiger charge is -2.06. The van der Waals surface area contributed by atoms with Crippen LogP contribution in [-0.4, -0.2) is 13.1 Å². The molecule has 1 heteroatoms. The summed E-state index contributed by atoms with van der Waals surface area (Å²) in [5.74, 6) is 0. The molecule has 2 aromatic rings. The SMILES string of the molecule is C=C(CNCCC=Cc1ccccc1)c1ccccc1. The molecule has 0 aliphatic heterocycles. The molecule has 2 rings (SSSR count). The number of nitrogens with one attached hydrogen (secondary N) is 1. The third kappa shape index (κ3) is 4.87. The Morgan fingerprint density at radius 1 is 0.950 bits per heavy atom. The zero-order valence-corrected chi connectivity index (χ0v) is 11.8. The summed E-state index contributed by atoms with van der Waals surface area (Å²) in [5.41, 5.74) is 3.60. The van der Waals surface area contributed by atoms with E-state index in [0.29, 0.717) is 0 Å². The third-order valence-electron chi connectivity index (χ3n) is 3.12. The van der Waals surface area contributed by atoms with E-state index >= 15 is 0 Å². The van der Waals surface area contributed by atoms with Gasteiger partial charge >= 0.3 is 0 Å². The number of benzene rings is 2. The molecular formula is C19H21N. The van der Waals surface area contributed by atoms with Gasteiger partial charge in [-0.25, -0.2) is 0 Å². The van der Waals surface area contributed by atoms with Crippen molar-refractivity contribution in [3.63, 3.8) is 0 Å². The van der Waals surface area contributed by atoms with Gasteiger partial charge in [-0.3, -0.25) is 0 Å². The van der Waals surface area contributed by atoms with Gasteiger partial charge in [0.15, 0.2) is 0 Å². The van der Waals surface area contributed by atoms with Crippen LogP contribution in [0.1, 0.15) is 17.5 Å². The Morgan fingerprint density at radius 2 is 1.60 bits per heavy atom. The predicted octanol–water partition coefficient (Wildman–Crippen LogP) is 4.39. The number of rotatable bonds is 7. The van der Waals surface area contributed by atoms with E-state index in [1.54, 1.807) is 0 Å². The molecule has 0 bridgehead atoms. The normalized spacial score (nSPS) is 10.8. The van der Waals surface area contributed by atoms with Crippen molar-refractivity contribution in [1.29, 1.82) is 0 Å². The molecule has 1 nitrogen and oxygen atoms in total. The summed E-state index contributed by atoms with van der Waals surface area (Å²) < 4.78 is 0. The van der Waals surface area contributed by atoms with Crippen LogP contribution in [0.2, 0.25) is 0 Å². The summed E-state index contributed by atoms with van der Waals surface area (Å²) in [6, 6.07) is 20.7. The molecule has 0 fully saturated rings. The number of hydrogen-bond donors (Lipinski definition) is 1. The Morgan fingerprint density at radius 3 is 2.30 bits per heavy atom. The number of hydrogen-bond acceptors (Lipinski definition) is 1. The predicted molar refractivity (Wildman–Crippen MR) is 88.4 cm³/mol. The van der Waals surface area contributed by atoms with Crippen LogP contribution in [0.3, 0.4) is 0 Å².